The molecule has 15 heavy (non-hydrogen) atoms. The summed E-state index contributed by atoms with van der Waals surface area (Å²) < 4.78 is 0. The Morgan fingerprint density at radius 2 is 2.07 bits per heavy atom. The Morgan fingerprint density at radius 3 is 2.60 bits per heavy atom. The smallest absolute Gasteiger partial charge is 0.0451 e. The zero-order valence-electron chi connectivity index (χ0n) is 9.91. The molecule has 0 saturated carbocycles. The molecule has 82 valence electrons. The number of nitrogen functional groups attached to an aromatic ring is 1. The fourth-order valence-electron chi connectivity index (χ4n) is 1.57. The molecule has 0 unspecified atom stereocenters. The van der Waals surface area contributed by atoms with Crippen molar-refractivity contribution in [3.63, 3.8) is 0 Å². The van der Waals surface area contributed by atoms with Gasteiger partial charge in [0.15, 0.2) is 0 Å². The summed E-state index contributed by atoms with van der Waals surface area (Å²) in [6, 6.07) is 4.17. The van der Waals surface area contributed by atoms with Crippen LogP contribution in [0.3, 0.4) is 0 Å². The summed E-state index contributed by atoms with van der Waals surface area (Å²) in [6.45, 7) is 2.91. The van der Waals surface area contributed by atoms with E-state index in [2.05, 4.69) is 22.0 Å². The second kappa shape index (κ2) is 4.94. The Hall–Kier alpha value is -1.35. The van der Waals surface area contributed by atoms with E-state index in [0.717, 1.165) is 23.4 Å². The van der Waals surface area contributed by atoms with Gasteiger partial charge in [0.25, 0.3) is 0 Å². The van der Waals surface area contributed by atoms with Gasteiger partial charge in [0.2, 0.25) is 0 Å². The van der Waals surface area contributed by atoms with Crippen LogP contribution in [0.25, 0.3) is 0 Å². The monoisotopic (exact) mass is 205 g/mol. The maximum absolute atomic E-state index is 6.10. The molecule has 2 N–H and O–H groups in total. The van der Waals surface area contributed by atoms with Gasteiger partial charge in [0, 0.05) is 31.1 Å². The van der Waals surface area contributed by atoms with Gasteiger partial charge in [-0.3, -0.25) is 4.99 Å². The lowest BCUT2D eigenvalue weighted by Crippen LogP contribution is -2.13. The van der Waals surface area contributed by atoms with Crippen molar-refractivity contribution < 1.29 is 0 Å². The van der Waals surface area contributed by atoms with Gasteiger partial charge in [-0.1, -0.05) is 12.1 Å². The molecular weight excluding hydrogens is 186 g/mol. The molecule has 0 aliphatic rings. The van der Waals surface area contributed by atoms with Gasteiger partial charge in [0.05, 0.1) is 0 Å². The molecule has 1 aromatic rings. The molecule has 0 amide bonds. The van der Waals surface area contributed by atoms with Crippen LogP contribution in [0.5, 0.6) is 0 Å². The van der Waals surface area contributed by atoms with E-state index in [1.807, 2.05) is 27.2 Å². The quantitative estimate of drug-likeness (QED) is 0.602. The predicted octanol–water partition coefficient (Wildman–Crippen LogP) is 1.69. The van der Waals surface area contributed by atoms with Gasteiger partial charge in [-0.05, 0) is 32.1 Å². The van der Waals surface area contributed by atoms with Crippen LogP contribution in [0.4, 0.5) is 5.69 Å². The fraction of sp³-hybridized carbons (Fsp3) is 0.417. The summed E-state index contributed by atoms with van der Waals surface area (Å²) in [4.78, 5) is 6.13. The zero-order valence-corrected chi connectivity index (χ0v) is 9.91. The van der Waals surface area contributed by atoms with Crippen molar-refractivity contribution in [2.75, 3.05) is 26.9 Å². The first-order chi connectivity index (χ1) is 7.06. The molecule has 0 fully saturated rings. The SMILES string of the molecule is CN=Cc1c(C)ccc(CN(C)C)c1N. The summed E-state index contributed by atoms with van der Waals surface area (Å²) in [5, 5.41) is 0. The summed E-state index contributed by atoms with van der Waals surface area (Å²) in [6.07, 6.45) is 1.82. The summed E-state index contributed by atoms with van der Waals surface area (Å²) in [5.74, 6) is 0. The van der Waals surface area contributed by atoms with Gasteiger partial charge in [-0.2, -0.15) is 0 Å². The molecule has 3 heteroatoms. The van der Waals surface area contributed by atoms with Gasteiger partial charge in [-0.25, -0.2) is 0 Å². The number of aliphatic imine (C=N–C) groups is 1. The minimum atomic E-state index is 0.842. The molecule has 0 heterocycles. The maximum atomic E-state index is 6.10. The average molecular weight is 205 g/mol. The molecule has 0 aliphatic carbocycles. The van der Waals surface area contributed by atoms with Gasteiger partial charge in [0.1, 0.15) is 0 Å². The normalized spacial score (nSPS) is 11.5. The van der Waals surface area contributed by atoms with E-state index in [-0.39, 0.29) is 0 Å². The Balaban J connectivity index is 3.16. The zero-order chi connectivity index (χ0) is 11.4. The lowest BCUT2D eigenvalue weighted by atomic mass is 10.0. The van der Waals surface area contributed by atoms with Crippen molar-refractivity contribution in [2.45, 2.75) is 13.5 Å². The number of anilines is 1. The molecule has 0 spiro atoms. The second-order valence-corrected chi connectivity index (χ2v) is 3.99. The molecule has 3 nitrogen and oxygen atoms in total. The van der Waals surface area contributed by atoms with E-state index in [1.54, 1.807) is 7.05 Å². The Labute approximate surface area is 91.6 Å². The molecule has 1 rings (SSSR count). The maximum Gasteiger partial charge on any atom is 0.0451 e. The molecule has 0 atom stereocenters. The number of hydrogen-bond acceptors (Lipinski definition) is 3. The summed E-state index contributed by atoms with van der Waals surface area (Å²) >= 11 is 0. The summed E-state index contributed by atoms with van der Waals surface area (Å²) in [5.41, 5.74) is 10.3. The second-order valence-electron chi connectivity index (χ2n) is 3.99. The van der Waals surface area contributed by atoms with Gasteiger partial charge in [-0.15, -0.1) is 0 Å². The van der Waals surface area contributed by atoms with Crippen LogP contribution in [0.1, 0.15) is 16.7 Å². The third kappa shape index (κ3) is 2.80. The van der Waals surface area contributed by atoms with E-state index in [4.69, 9.17) is 5.73 Å². The number of hydrogen-bond donors (Lipinski definition) is 1. The van der Waals surface area contributed by atoms with E-state index >= 15 is 0 Å². The molecule has 0 radical (unpaired) electrons. The number of benzene rings is 1. The number of nitrogens with zero attached hydrogens (tertiary/aromatic N) is 2. The van der Waals surface area contributed by atoms with Crippen molar-refractivity contribution in [1.82, 2.24) is 4.90 Å². The van der Waals surface area contributed by atoms with Crippen LogP contribution in [0, 0.1) is 6.92 Å². The van der Waals surface area contributed by atoms with E-state index < -0.39 is 0 Å². The van der Waals surface area contributed by atoms with Crippen LogP contribution < -0.4 is 5.73 Å². The topological polar surface area (TPSA) is 41.6 Å². The van der Waals surface area contributed by atoms with Crippen molar-refractivity contribution >= 4 is 11.9 Å². The largest absolute Gasteiger partial charge is 0.398 e. The van der Waals surface area contributed by atoms with Gasteiger partial charge < -0.3 is 10.6 Å². The standard InChI is InChI=1S/C12H19N3/c1-9-5-6-10(8-15(3)4)12(13)11(9)7-14-2/h5-7H,8,13H2,1-4H3. The molecule has 0 bridgehead atoms. The molecule has 0 aliphatic heterocycles. The first-order valence-corrected chi connectivity index (χ1v) is 5.01. The predicted molar refractivity (Wildman–Crippen MR) is 66.5 cm³/mol. The first kappa shape index (κ1) is 11.7. The van der Waals surface area contributed by atoms with E-state index in [1.165, 1.54) is 5.56 Å². The van der Waals surface area contributed by atoms with Crippen LogP contribution >= 0.6 is 0 Å². The minimum Gasteiger partial charge on any atom is -0.398 e. The molecule has 1 aromatic carbocycles. The minimum absolute atomic E-state index is 0.842. The third-order valence-electron chi connectivity index (χ3n) is 2.34. The van der Waals surface area contributed by atoms with Crippen molar-refractivity contribution in [2.24, 2.45) is 4.99 Å². The summed E-state index contributed by atoms with van der Waals surface area (Å²) in [7, 11) is 5.83. The Bertz CT molecular complexity index is 367. The van der Waals surface area contributed by atoms with Crippen LogP contribution in [-0.2, 0) is 6.54 Å². The third-order valence-corrected chi connectivity index (χ3v) is 2.34. The molecule has 0 saturated heterocycles. The highest BCUT2D eigenvalue weighted by Crippen LogP contribution is 2.20. The number of aryl methyl sites for hydroxylation is 1. The van der Waals surface area contributed by atoms with Crippen molar-refractivity contribution in [3.8, 4) is 0 Å². The average Bonchev–Trinajstić information content (AvgIpc) is 2.16. The van der Waals surface area contributed by atoms with E-state index in [9.17, 15) is 0 Å². The van der Waals surface area contributed by atoms with Gasteiger partial charge >= 0.3 is 0 Å². The fourth-order valence-corrected chi connectivity index (χ4v) is 1.57. The Kier molecular flexibility index (Phi) is 3.86. The highest BCUT2D eigenvalue weighted by Gasteiger charge is 2.06. The van der Waals surface area contributed by atoms with Crippen LogP contribution in [0.15, 0.2) is 17.1 Å². The van der Waals surface area contributed by atoms with Crippen molar-refractivity contribution in [3.05, 3.63) is 28.8 Å². The highest BCUT2D eigenvalue weighted by molar-refractivity contribution is 5.89. The lowest BCUT2D eigenvalue weighted by Gasteiger charge is -2.14. The van der Waals surface area contributed by atoms with Crippen LogP contribution in [-0.4, -0.2) is 32.3 Å². The number of nitrogens with two attached hydrogens (primary N) is 1. The molecular formula is C12H19N3. The highest BCUT2D eigenvalue weighted by atomic mass is 15.0. The van der Waals surface area contributed by atoms with E-state index in [0.29, 0.717) is 0 Å². The first-order valence-electron chi connectivity index (χ1n) is 5.01. The lowest BCUT2D eigenvalue weighted by molar-refractivity contribution is 0.403. The molecule has 0 aromatic heterocycles. The number of rotatable bonds is 3. The van der Waals surface area contributed by atoms with Crippen LogP contribution in [0.2, 0.25) is 0 Å². The Morgan fingerprint density at radius 1 is 1.40 bits per heavy atom. The van der Waals surface area contributed by atoms with Crippen molar-refractivity contribution in [1.29, 1.82) is 0 Å².